The van der Waals surface area contributed by atoms with Crippen LogP contribution in [0.5, 0.6) is 5.88 Å². The third-order valence-electron chi connectivity index (χ3n) is 4.05. The van der Waals surface area contributed by atoms with E-state index >= 15 is 0 Å². The zero-order chi connectivity index (χ0) is 16.5. The van der Waals surface area contributed by atoms with Crippen molar-refractivity contribution in [3.05, 3.63) is 53.4 Å². The first-order valence-electron chi connectivity index (χ1n) is 7.74. The monoisotopic (exact) mass is 321 g/mol. The molecular weight excluding hydrogens is 306 g/mol. The third-order valence-corrected chi connectivity index (χ3v) is 4.05. The second-order valence-electron chi connectivity index (χ2n) is 5.71. The summed E-state index contributed by atoms with van der Waals surface area (Å²) in [6.45, 7) is 1.82. The normalized spacial score (nSPS) is 12.9. The quantitative estimate of drug-likeness (QED) is 0.728. The van der Waals surface area contributed by atoms with Crippen molar-refractivity contribution in [1.29, 1.82) is 0 Å². The van der Waals surface area contributed by atoms with Gasteiger partial charge in [0, 0.05) is 29.7 Å². The summed E-state index contributed by atoms with van der Waals surface area (Å²) in [6, 6.07) is 3.37. The summed E-state index contributed by atoms with van der Waals surface area (Å²) < 4.78 is 5.36. The molecule has 3 aromatic rings. The number of esters is 1. The maximum Gasteiger partial charge on any atom is 0.347 e. The number of carbonyl (C=O) groups is 1. The summed E-state index contributed by atoms with van der Waals surface area (Å²) in [4.78, 5) is 24.3. The highest BCUT2D eigenvalue weighted by Crippen LogP contribution is 2.33. The SMILES string of the molecule is Cc1ccc(OC(=O)c2c[nH]c3c2-c2ncncc2CCC3)nn1. The molecule has 0 saturated carbocycles. The number of H-pyrrole nitrogens is 1. The number of nitrogens with zero attached hydrogens (tertiary/aromatic N) is 4. The lowest BCUT2D eigenvalue weighted by Gasteiger charge is -2.07. The van der Waals surface area contributed by atoms with E-state index in [4.69, 9.17) is 4.74 Å². The number of nitrogens with one attached hydrogen (secondary N) is 1. The zero-order valence-corrected chi connectivity index (χ0v) is 13.1. The number of hydrogen-bond donors (Lipinski definition) is 1. The van der Waals surface area contributed by atoms with Gasteiger partial charge in [0.25, 0.3) is 0 Å². The highest BCUT2D eigenvalue weighted by molar-refractivity contribution is 5.99. The van der Waals surface area contributed by atoms with Crippen LogP contribution >= 0.6 is 0 Å². The van der Waals surface area contributed by atoms with Crippen molar-refractivity contribution in [2.75, 3.05) is 0 Å². The Kier molecular flexibility index (Phi) is 3.53. The molecule has 7 heteroatoms. The van der Waals surface area contributed by atoms with Gasteiger partial charge in [0.15, 0.2) is 0 Å². The Bertz CT molecular complexity index is 902. The van der Waals surface area contributed by atoms with Crippen molar-refractivity contribution in [2.24, 2.45) is 0 Å². The Morgan fingerprint density at radius 1 is 1.25 bits per heavy atom. The first kappa shape index (κ1) is 14.5. The van der Waals surface area contributed by atoms with Crippen LogP contribution in [0.15, 0.2) is 30.9 Å². The maximum absolute atomic E-state index is 12.6. The van der Waals surface area contributed by atoms with Gasteiger partial charge in [-0.1, -0.05) is 0 Å². The van der Waals surface area contributed by atoms with Crippen LogP contribution in [-0.4, -0.2) is 31.1 Å². The molecule has 120 valence electrons. The molecule has 0 amide bonds. The lowest BCUT2D eigenvalue weighted by atomic mass is 10.0. The molecule has 7 nitrogen and oxygen atoms in total. The minimum atomic E-state index is -0.475. The number of aryl methyl sites for hydroxylation is 3. The van der Waals surface area contributed by atoms with Crippen LogP contribution in [0.3, 0.4) is 0 Å². The summed E-state index contributed by atoms with van der Waals surface area (Å²) in [5.41, 5.74) is 4.84. The largest absolute Gasteiger partial charge is 0.402 e. The van der Waals surface area contributed by atoms with E-state index in [0.29, 0.717) is 5.56 Å². The van der Waals surface area contributed by atoms with Crippen molar-refractivity contribution in [3.63, 3.8) is 0 Å². The zero-order valence-electron chi connectivity index (χ0n) is 13.1. The van der Waals surface area contributed by atoms with Gasteiger partial charge in [-0.2, -0.15) is 5.10 Å². The van der Waals surface area contributed by atoms with E-state index in [1.807, 2.05) is 13.1 Å². The molecule has 0 fully saturated rings. The lowest BCUT2D eigenvalue weighted by Crippen LogP contribution is -2.11. The van der Waals surface area contributed by atoms with Crippen LogP contribution in [-0.2, 0) is 12.8 Å². The Balaban J connectivity index is 1.73. The first-order chi connectivity index (χ1) is 11.7. The smallest absolute Gasteiger partial charge is 0.347 e. The molecule has 0 spiro atoms. The average Bonchev–Trinajstić information content (AvgIpc) is 2.93. The molecule has 24 heavy (non-hydrogen) atoms. The second kappa shape index (κ2) is 5.84. The van der Waals surface area contributed by atoms with Crippen molar-refractivity contribution in [1.82, 2.24) is 25.1 Å². The van der Waals surface area contributed by atoms with E-state index in [9.17, 15) is 4.79 Å². The van der Waals surface area contributed by atoms with Crippen LogP contribution < -0.4 is 4.74 Å². The summed E-state index contributed by atoms with van der Waals surface area (Å²) in [5.74, 6) is -0.297. The van der Waals surface area contributed by atoms with E-state index in [1.165, 1.54) is 6.33 Å². The van der Waals surface area contributed by atoms with Gasteiger partial charge in [0.05, 0.1) is 17.0 Å². The molecule has 0 aliphatic heterocycles. The van der Waals surface area contributed by atoms with Crippen molar-refractivity contribution < 1.29 is 9.53 Å². The molecule has 0 aromatic carbocycles. The van der Waals surface area contributed by atoms with E-state index in [1.54, 1.807) is 18.3 Å². The number of rotatable bonds is 2. The van der Waals surface area contributed by atoms with Gasteiger partial charge in [0.2, 0.25) is 5.88 Å². The van der Waals surface area contributed by atoms with Gasteiger partial charge < -0.3 is 9.72 Å². The Morgan fingerprint density at radius 3 is 3.00 bits per heavy atom. The van der Waals surface area contributed by atoms with Crippen molar-refractivity contribution in [2.45, 2.75) is 26.2 Å². The Hall–Kier alpha value is -3.09. The van der Waals surface area contributed by atoms with Crippen molar-refractivity contribution >= 4 is 5.97 Å². The standard InChI is InChI=1S/C17H15N5O2/c1-10-5-6-14(22-21-10)24-17(23)12-8-19-13-4-2-3-11-7-18-9-20-16(11)15(12)13/h5-9,19H,2-4H2,1H3. The first-order valence-corrected chi connectivity index (χ1v) is 7.74. The van der Waals surface area contributed by atoms with Gasteiger partial charge in [0.1, 0.15) is 6.33 Å². The minimum Gasteiger partial charge on any atom is -0.402 e. The molecule has 0 saturated heterocycles. The molecule has 1 aliphatic carbocycles. The fraction of sp³-hybridized carbons (Fsp3) is 0.235. The van der Waals surface area contributed by atoms with Crippen molar-refractivity contribution in [3.8, 4) is 17.1 Å². The van der Waals surface area contributed by atoms with Gasteiger partial charge >= 0.3 is 5.97 Å². The van der Waals surface area contributed by atoms with E-state index in [-0.39, 0.29) is 5.88 Å². The Morgan fingerprint density at radius 2 is 2.17 bits per heavy atom. The number of fused-ring (bicyclic) bond motifs is 3. The van der Waals surface area contributed by atoms with E-state index in [0.717, 1.165) is 47.5 Å². The number of ether oxygens (including phenoxy) is 1. The van der Waals surface area contributed by atoms with Gasteiger partial charge in [-0.15, -0.1) is 5.10 Å². The molecule has 1 aliphatic rings. The second-order valence-corrected chi connectivity index (χ2v) is 5.71. The van der Waals surface area contributed by atoms with Crippen LogP contribution in [0.1, 0.15) is 33.7 Å². The number of carbonyl (C=O) groups excluding carboxylic acids is 1. The van der Waals surface area contributed by atoms with Crippen LogP contribution in [0, 0.1) is 6.92 Å². The topological polar surface area (TPSA) is 93.7 Å². The number of aromatic nitrogens is 5. The highest BCUT2D eigenvalue weighted by Gasteiger charge is 2.25. The maximum atomic E-state index is 12.6. The molecular formula is C17H15N5O2. The fourth-order valence-electron chi connectivity index (χ4n) is 2.91. The number of aromatic amines is 1. The molecule has 3 heterocycles. The summed E-state index contributed by atoms with van der Waals surface area (Å²) >= 11 is 0. The van der Waals surface area contributed by atoms with Crippen LogP contribution in [0.25, 0.3) is 11.3 Å². The number of hydrogen-bond acceptors (Lipinski definition) is 6. The molecule has 1 N–H and O–H groups in total. The average molecular weight is 321 g/mol. The summed E-state index contributed by atoms with van der Waals surface area (Å²) in [7, 11) is 0. The van der Waals surface area contributed by atoms with Crippen LogP contribution in [0.4, 0.5) is 0 Å². The predicted octanol–water partition coefficient (Wildman–Crippen LogP) is 2.28. The van der Waals surface area contributed by atoms with Gasteiger partial charge in [-0.25, -0.2) is 14.8 Å². The van der Waals surface area contributed by atoms with E-state index in [2.05, 4.69) is 25.1 Å². The molecule has 0 radical (unpaired) electrons. The molecule has 3 aromatic heterocycles. The molecule has 0 atom stereocenters. The van der Waals surface area contributed by atoms with Gasteiger partial charge in [-0.05, 0) is 37.8 Å². The highest BCUT2D eigenvalue weighted by atomic mass is 16.5. The summed E-state index contributed by atoms with van der Waals surface area (Å²) in [5, 5.41) is 7.77. The lowest BCUT2D eigenvalue weighted by molar-refractivity contribution is 0.0726. The molecule has 4 rings (SSSR count). The van der Waals surface area contributed by atoms with E-state index < -0.39 is 5.97 Å². The minimum absolute atomic E-state index is 0.178. The fourth-order valence-corrected chi connectivity index (χ4v) is 2.91. The van der Waals surface area contributed by atoms with Gasteiger partial charge in [-0.3, -0.25) is 0 Å². The predicted molar refractivity (Wildman–Crippen MR) is 85.6 cm³/mol. The Labute approximate surface area is 138 Å². The third kappa shape index (κ3) is 2.54. The molecule has 0 unspecified atom stereocenters. The summed E-state index contributed by atoms with van der Waals surface area (Å²) in [6.07, 6.45) is 7.70. The molecule has 0 bridgehead atoms. The van der Waals surface area contributed by atoms with Crippen LogP contribution in [0.2, 0.25) is 0 Å².